The highest BCUT2D eigenvalue weighted by Crippen LogP contribution is 2.41. The molecule has 4 rings (SSSR count). The van der Waals surface area contributed by atoms with Gasteiger partial charge in [-0.1, -0.05) is 36.6 Å². The Morgan fingerprint density at radius 3 is 2.56 bits per heavy atom. The second-order valence-corrected chi connectivity index (χ2v) is 7.11. The van der Waals surface area contributed by atoms with Gasteiger partial charge in [-0.3, -0.25) is 0 Å². The van der Waals surface area contributed by atoms with Crippen molar-refractivity contribution in [2.45, 2.75) is 38.1 Å². The highest BCUT2D eigenvalue weighted by molar-refractivity contribution is 6.30. The van der Waals surface area contributed by atoms with E-state index in [9.17, 15) is 0 Å². The molecule has 0 radical (unpaired) electrons. The summed E-state index contributed by atoms with van der Waals surface area (Å²) in [5.41, 5.74) is 2.94. The van der Waals surface area contributed by atoms with Crippen molar-refractivity contribution in [3.05, 3.63) is 64.9 Å². The van der Waals surface area contributed by atoms with E-state index in [4.69, 9.17) is 11.6 Å². The normalized spacial score (nSPS) is 16.1. The summed E-state index contributed by atoms with van der Waals surface area (Å²) in [5.74, 6) is 0.866. The molecule has 0 saturated heterocycles. The van der Waals surface area contributed by atoms with Crippen LogP contribution in [0.4, 0.5) is 5.69 Å². The smallest absolute Gasteiger partial charge is 0.181 e. The van der Waals surface area contributed by atoms with Gasteiger partial charge < -0.3 is 5.32 Å². The molecule has 2 aromatic carbocycles. The lowest BCUT2D eigenvalue weighted by molar-refractivity contribution is 0.461. The van der Waals surface area contributed by atoms with Gasteiger partial charge in [0.15, 0.2) is 5.82 Å². The van der Waals surface area contributed by atoms with Crippen LogP contribution in [0.5, 0.6) is 0 Å². The molecule has 6 heteroatoms. The van der Waals surface area contributed by atoms with Crippen LogP contribution in [0.3, 0.4) is 0 Å². The fourth-order valence-corrected chi connectivity index (χ4v) is 3.74. The lowest BCUT2D eigenvalue weighted by Gasteiger charge is -2.30. The molecule has 0 atom stereocenters. The number of hydrogen-bond donors (Lipinski definition) is 1. The van der Waals surface area contributed by atoms with Gasteiger partial charge in [0.05, 0.1) is 11.2 Å². The maximum Gasteiger partial charge on any atom is 0.181 e. The minimum atomic E-state index is -0.263. The molecule has 0 aliphatic heterocycles. The number of hydrogen-bond acceptors (Lipinski definition) is 4. The Morgan fingerprint density at radius 1 is 1.08 bits per heavy atom. The highest BCUT2D eigenvalue weighted by atomic mass is 35.5. The maximum atomic E-state index is 6.02. The summed E-state index contributed by atoms with van der Waals surface area (Å²) < 4.78 is 1.86. The first-order chi connectivity index (χ1) is 12.2. The predicted molar refractivity (Wildman–Crippen MR) is 99.1 cm³/mol. The van der Waals surface area contributed by atoms with E-state index in [0.717, 1.165) is 47.9 Å². The number of anilines is 1. The monoisotopic (exact) mass is 353 g/mol. The molecule has 0 unspecified atom stereocenters. The number of benzene rings is 2. The Bertz CT molecular complexity index is 866. The first-order valence-corrected chi connectivity index (χ1v) is 8.94. The summed E-state index contributed by atoms with van der Waals surface area (Å²) in [6.07, 6.45) is 4.31. The van der Waals surface area contributed by atoms with Gasteiger partial charge in [-0.05, 0) is 72.2 Å². The number of rotatable bonds is 4. The third-order valence-corrected chi connectivity index (χ3v) is 5.08. The number of halogens is 1. The summed E-state index contributed by atoms with van der Waals surface area (Å²) in [4.78, 5) is 0. The maximum absolute atomic E-state index is 6.02. The van der Waals surface area contributed by atoms with Crippen LogP contribution >= 0.6 is 11.6 Å². The summed E-state index contributed by atoms with van der Waals surface area (Å²) in [6.45, 7) is 2.07. The van der Waals surface area contributed by atoms with Crippen LogP contribution in [0.1, 0.15) is 37.1 Å². The molecule has 1 fully saturated rings. The number of aryl methyl sites for hydroxylation is 1. The van der Waals surface area contributed by atoms with Crippen molar-refractivity contribution in [1.29, 1.82) is 0 Å². The van der Waals surface area contributed by atoms with E-state index in [1.807, 2.05) is 41.1 Å². The number of nitrogens with one attached hydrogen (secondary N) is 1. The Morgan fingerprint density at radius 2 is 1.84 bits per heavy atom. The third-order valence-electron chi connectivity index (χ3n) is 4.83. The van der Waals surface area contributed by atoms with Crippen molar-refractivity contribution in [3.8, 4) is 5.69 Å². The molecule has 1 aromatic heterocycles. The average molecular weight is 354 g/mol. The fraction of sp³-hybridized carbons (Fsp3) is 0.316. The van der Waals surface area contributed by atoms with Gasteiger partial charge in [-0.25, -0.2) is 0 Å². The van der Waals surface area contributed by atoms with E-state index in [2.05, 4.69) is 39.9 Å². The summed E-state index contributed by atoms with van der Waals surface area (Å²) in [6, 6.07) is 16.1. The van der Waals surface area contributed by atoms with Gasteiger partial charge in [0, 0.05) is 10.7 Å². The van der Waals surface area contributed by atoms with Crippen molar-refractivity contribution in [2.24, 2.45) is 0 Å². The van der Waals surface area contributed by atoms with Gasteiger partial charge in [0.2, 0.25) is 0 Å². The molecule has 1 N–H and O–H groups in total. The molecule has 0 amide bonds. The summed E-state index contributed by atoms with van der Waals surface area (Å²) in [5, 5.41) is 17.1. The van der Waals surface area contributed by atoms with Gasteiger partial charge in [-0.2, -0.15) is 4.68 Å². The lowest BCUT2D eigenvalue weighted by Crippen LogP contribution is -2.35. The topological polar surface area (TPSA) is 55.6 Å². The molecule has 0 bridgehead atoms. The van der Waals surface area contributed by atoms with E-state index in [0.29, 0.717) is 0 Å². The van der Waals surface area contributed by atoms with Crippen LogP contribution in [0.25, 0.3) is 5.69 Å². The number of nitrogens with zero attached hydrogens (tertiary/aromatic N) is 4. The standard InChI is InChI=1S/C19H20ClN5/c1-14-5-4-6-17(13-14)25-18(22-23-24-25)19(11-2-3-12-19)21-16-9-7-15(20)8-10-16/h4-10,13,21H,2-3,11-12H2,1H3. The molecular weight excluding hydrogens is 334 g/mol. The minimum Gasteiger partial charge on any atom is -0.373 e. The fourth-order valence-electron chi connectivity index (χ4n) is 3.61. The van der Waals surface area contributed by atoms with Crippen LogP contribution in [-0.4, -0.2) is 20.2 Å². The highest BCUT2D eigenvalue weighted by Gasteiger charge is 2.40. The first-order valence-electron chi connectivity index (χ1n) is 8.56. The Labute approximate surface area is 152 Å². The van der Waals surface area contributed by atoms with Crippen LogP contribution in [0.15, 0.2) is 48.5 Å². The van der Waals surface area contributed by atoms with Crippen LogP contribution in [0.2, 0.25) is 5.02 Å². The molecule has 1 aliphatic rings. The van der Waals surface area contributed by atoms with Crippen molar-refractivity contribution in [1.82, 2.24) is 20.2 Å². The van der Waals surface area contributed by atoms with E-state index in [1.54, 1.807) is 0 Å². The number of aromatic nitrogens is 4. The molecule has 25 heavy (non-hydrogen) atoms. The third kappa shape index (κ3) is 3.12. The lowest BCUT2D eigenvalue weighted by atomic mass is 9.95. The zero-order valence-corrected chi connectivity index (χ0v) is 14.9. The molecule has 5 nitrogen and oxygen atoms in total. The predicted octanol–water partition coefficient (Wildman–Crippen LogP) is 4.51. The van der Waals surface area contributed by atoms with E-state index >= 15 is 0 Å². The van der Waals surface area contributed by atoms with Crippen molar-refractivity contribution < 1.29 is 0 Å². The van der Waals surface area contributed by atoms with Gasteiger partial charge in [-0.15, -0.1) is 5.10 Å². The largest absolute Gasteiger partial charge is 0.373 e. The molecule has 1 saturated carbocycles. The molecule has 128 valence electrons. The van der Waals surface area contributed by atoms with Crippen molar-refractivity contribution in [2.75, 3.05) is 5.32 Å². The average Bonchev–Trinajstić information content (AvgIpc) is 3.27. The molecule has 1 aliphatic carbocycles. The zero-order valence-electron chi connectivity index (χ0n) is 14.1. The molecule has 1 heterocycles. The van der Waals surface area contributed by atoms with Crippen molar-refractivity contribution in [3.63, 3.8) is 0 Å². The summed E-state index contributed by atoms with van der Waals surface area (Å²) in [7, 11) is 0. The molecular formula is C19H20ClN5. The van der Waals surface area contributed by atoms with E-state index in [1.165, 1.54) is 5.56 Å². The quantitative estimate of drug-likeness (QED) is 0.750. The van der Waals surface area contributed by atoms with Crippen molar-refractivity contribution >= 4 is 17.3 Å². The van der Waals surface area contributed by atoms with E-state index in [-0.39, 0.29) is 5.54 Å². The van der Waals surface area contributed by atoms with Crippen LogP contribution in [0, 0.1) is 6.92 Å². The van der Waals surface area contributed by atoms with Gasteiger partial charge in [0.25, 0.3) is 0 Å². The van der Waals surface area contributed by atoms with Gasteiger partial charge in [0.1, 0.15) is 0 Å². The Kier molecular flexibility index (Phi) is 4.17. The van der Waals surface area contributed by atoms with Crippen LogP contribution < -0.4 is 5.32 Å². The molecule has 0 spiro atoms. The van der Waals surface area contributed by atoms with Gasteiger partial charge >= 0.3 is 0 Å². The Hall–Kier alpha value is -2.40. The molecule has 3 aromatic rings. The number of tetrazole rings is 1. The first kappa shape index (κ1) is 16.1. The zero-order chi connectivity index (χ0) is 17.3. The SMILES string of the molecule is Cc1cccc(-n2nnnc2C2(Nc3ccc(Cl)cc3)CCCC2)c1. The second-order valence-electron chi connectivity index (χ2n) is 6.67. The van der Waals surface area contributed by atoms with E-state index < -0.39 is 0 Å². The minimum absolute atomic E-state index is 0.263. The summed E-state index contributed by atoms with van der Waals surface area (Å²) >= 11 is 6.02. The van der Waals surface area contributed by atoms with Crippen LogP contribution in [-0.2, 0) is 5.54 Å². The Balaban J connectivity index is 1.75. The second kappa shape index (κ2) is 6.48.